The molecular weight excluding hydrogens is 380 g/mol. The van der Waals surface area contributed by atoms with Gasteiger partial charge in [-0.2, -0.15) is 0 Å². The molecule has 7 heteroatoms. The lowest BCUT2D eigenvalue weighted by Gasteiger charge is -2.36. The van der Waals surface area contributed by atoms with E-state index in [1.165, 1.54) is 11.8 Å². The molecule has 162 valence electrons. The van der Waals surface area contributed by atoms with Crippen LogP contribution in [0.1, 0.15) is 42.8 Å². The van der Waals surface area contributed by atoms with Crippen LogP contribution in [0.3, 0.4) is 0 Å². The van der Waals surface area contributed by atoms with Crippen LogP contribution in [0.2, 0.25) is 0 Å². The highest BCUT2D eigenvalue weighted by Gasteiger charge is 2.25. The SMILES string of the molecule is CCNC(=NCCOc1ccccc1C(C)C)N1CCN(C(=O)c2ccco2)CC1. The first-order valence-electron chi connectivity index (χ1n) is 10.7. The van der Waals surface area contributed by atoms with Gasteiger partial charge in [-0.15, -0.1) is 0 Å². The standard InChI is InChI=1S/C23H32N4O3/c1-4-24-23(25-11-17-30-20-9-6-5-8-19(20)18(2)3)27-14-12-26(13-15-27)22(28)21-10-7-16-29-21/h5-10,16,18H,4,11-15,17H2,1-3H3,(H,24,25). The number of rotatable bonds is 7. The van der Waals surface area contributed by atoms with E-state index in [9.17, 15) is 4.79 Å². The minimum absolute atomic E-state index is 0.0567. The minimum Gasteiger partial charge on any atom is -0.491 e. The van der Waals surface area contributed by atoms with Crippen LogP contribution in [0.4, 0.5) is 0 Å². The lowest BCUT2D eigenvalue weighted by atomic mass is 10.0. The molecular formula is C23H32N4O3. The molecule has 1 fully saturated rings. The summed E-state index contributed by atoms with van der Waals surface area (Å²) in [6, 6.07) is 11.6. The number of piperazine rings is 1. The third-order valence-corrected chi connectivity index (χ3v) is 5.08. The molecule has 1 aromatic carbocycles. The summed E-state index contributed by atoms with van der Waals surface area (Å²) >= 11 is 0. The summed E-state index contributed by atoms with van der Waals surface area (Å²) in [5.41, 5.74) is 1.21. The fourth-order valence-electron chi connectivity index (χ4n) is 3.50. The molecule has 1 aliphatic rings. The van der Waals surface area contributed by atoms with Gasteiger partial charge in [0, 0.05) is 32.7 Å². The van der Waals surface area contributed by atoms with Crippen LogP contribution in [0, 0.1) is 0 Å². The maximum absolute atomic E-state index is 12.4. The van der Waals surface area contributed by atoms with Crippen LogP contribution < -0.4 is 10.1 Å². The summed E-state index contributed by atoms with van der Waals surface area (Å²) < 4.78 is 11.2. The van der Waals surface area contributed by atoms with Crippen molar-refractivity contribution < 1.29 is 13.9 Å². The number of carbonyl (C=O) groups excluding carboxylic acids is 1. The Morgan fingerprint density at radius 1 is 1.13 bits per heavy atom. The number of guanidine groups is 1. The molecule has 1 aliphatic heterocycles. The summed E-state index contributed by atoms with van der Waals surface area (Å²) in [5, 5.41) is 3.35. The number of aliphatic imine (C=N–C) groups is 1. The van der Waals surface area contributed by atoms with E-state index in [1.807, 2.05) is 23.1 Å². The number of benzene rings is 1. The maximum atomic E-state index is 12.4. The van der Waals surface area contributed by atoms with Crippen molar-refractivity contribution in [3.63, 3.8) is 0 Å². The van der Waals surface area contributed by atoms with Gasteiger partial charge in [0.25, 0.3) is 5.91 Å². The van der Waals surface area contributed by atoms with Gasteiger partial charge in [0.05, 0.1) is 12.8 Å². The van der Waals surface area contributed by atoms with E-state index in [0.29, 0.717) is 37.9 Å². The van der Waals surface area contributed by atoms with Crippen molar-refractivity contribution in [1.82, 2.24) is 15.1 Å². The predicted octanol–water partition coefficient (Wildman–Crippen LogP) is 3.21. The first-order valence-corrected chi connectivity index (χ1v) is 10.7. The van der Waals surface area contributed by atoms with E-state index < -0.39 is 0 Å². The van der Waals surface area contributed by atoms with Gasteiger partial charge in [0.2, 0.25) is 0 Å². The van der Waals surface area contributed by atoms with Gasteiger partial charge in [-0.3, -0.25) is 4.79 Å². The zero-order valence-corrected chi connectivity index (χ0v) is 18.1. The third kappa shape index (κ3) is 5.55. The molecule has 3 rings (SSSR count). The van der Waals surface area contributed by atoms with E-state index in [4.69, 9.17) is 14.1 Å². The Balaban J connectivity index is 1.52. The Morgan fingerprint density at radius 2 is 1.87 bits per heavy atom. The number of nitrogens with zero attached hydrogens (tertiary/aromatic N) is 3. The molecule has 0 saturated carbocycles. The van der Waals surface area contributed by atoms with E-state index in [2.05, 4.69) is 37.1 Å². The van der Waals surface area contributed by atoms with E-state index in [1.54, 1.807) is 12.1 Å². The smallest absolute Gasteiger partial charge is 0.289 e. The second-order valence-corrected chi connectivity index (χ2v) is 7.53. The molecule has 2 heterocycles. The van der Waals surface area contributed by atoms with Gasteiger partial charge >= 0.3 is 0 Å². The van der Waals surface area contributed by atoms with Crippen LogP contribution in [0.15, 0.2) is 52.1 Å². The van der Waals surface area contributed by atoms with Crippen molar-refractivity contribution >= 4 is 11.9 Å². The molecule has 1 amide bonds. The highest BCUT2D eigenvalue weighted by Crippen LogP contribution is 2.25. The van der Waals surface area contributed by atoms with E-state index >= 15 is 0 Å². The monoisotopic (exact) mass is 412 g/mol. The topological polar surface area (TPSA) is 70.3 Å². The molecule has 0 spiro atoms. The fraction of sp³-hybridized carbons (Fsp3) is 0.478. The summed E-state index contributed by atoms with van der Waals surface area (Å²) in [6.45, 7) is 11.0. The van der Waals surface area contributed by atoms with Crippen LogP contribution in [0.25, 0.3) is 0 Å². The summed E-state index contributed by atoms with van der Waals surface area (Å²) in [7, 11) is 0. The number of hydrogen-bond donors (Lipinski definition) is 1. The Hall–Kier alpha value is -2.96. The Morgan fingerprint density at radius 3 is 2.53 bits per heavy atom. The number of para-hydroxylation sites is 1. The third-order valence-electron chi connectivity index (χ3n) is 5.08. The number of carbonyl (C=O) groups is 1. The molecule has 0 aliphatic carbocycles. The lowest BCUT2D eigenvalue weighted by Crippen LogP contribution is -2.53. The van der Waals surface area contributed by atoms with Crippen molar-refractivity contribution in [3.05, 3.63) is 54.0 Å². The number of ether oxygens (including phenoxy) is 1. The van der Waals surface area contributed by atoms with Gasteiger partial charge in [-0.1, -0.05) is 32.0 Å². The molecule has 0 atom stereocenters. The lowest BCUT2D eigenvalue weighted by molar-refractivity contribution is 0.0657. The van der Waals surface area contributed by atoms with E-state index in [-0.39, 0.29) is 5.91 Å². The van der Waals surface area contributed by atoms with Crippen LogP contribution >= 0.6 is 0 Å². The first-order chi connectivity index (χ1) is 14.6. The average Bonchev–Trinajstić information content (AvgIpc) is 3.30. The van der Waals surface area contributed by atoms with Gasteiger partial charge in [-0.25, -0.2) is 4.99 Å². The summed E-state index contributed by atoms with van der Waals surface area (Å²) in [6.07, 6.45) is 1.53. The van der Waals surface area contributed by atoms with Gasteiger partial charge < -0.3 is 24.3 Å². The Labute approximate surface area is 178 Å². The van der Waals surface area contributed by atoms with Gasteiger partial charge in [0.15, 0.2) is 11.7 Å². The van der Waals surface area contributed by atoms with Crippen LogP contribution in [-0.4, -0.2) is 67.5 Å². The van der Waals surface area contributed by atoms with Crippen molar-refractivity contribution in [2.45, 2.75) is 26.7 Å². The number of amides is 1. The Kier molecular flexibility index (Phi) is 7.76. The summed E-state index contributed by atoms with van der Waals surface area (Å²) in [5.74, 6) is 2.55. The molecule has 7 nitrogen and oxygen atoms in total. The highest BCUT2D eigenvalue weighted by molar-refractivity contribution is 5.91. The molecule has 0 radical (unpaired) electrons. The fourth-order valence-corrected chi connectivity index (χ4v) is 3.50. The van der Waals surface area contributed by atoms with Crippen LogP contribution in [0.5, 0.6) is 5.75 Å². The molecule has 2 aromatic rings. The molecule has 1 saturated heterocycles. The largest absolute Gasteiger partial charge is 0.491 e. The number of furan rings is 1. The second-order valence-electron chi connectivity index (χ2n) is 7.53. The minimum atomic E-state index is -0.0567. The van der Waals surface area contributed by atoms with E-state index in [0.717, 1.165) is 31.3 Å². The first kappa shape index (κ1) is 21.7. The zero-order valence-electron chi connectivity index (χ0n) is 18.1. The maximum Gasteiger partial charge on any atom is 0.289 e. The molecule has 30 heavy (non-hydrogen) atoms. The highest BCUT2D eigenvalue weighted by atomic mass is 16.5. The molecule has 0 unspecified atom stereocenters. The van der Waals surface area contributed by atoms with Crippen molar-refractivity contribution in [1.29, 1.82) is 0 Å². The van der Waals surface area contributed by atoms with Gasteiger partial charge in [0.1, 0.15) is 12.4 Å². The predicted molar refractivity (Wildman–Crippen MR) is 118 cm³/mol. The molecule has 1 aromatic heterocycles. The van der Waals surface area contributed by atoms with Gasteiger partial charge in [-0.05, 0) is 36.6 Å². The molecule has 1 N–H and O–H groups in total. The molecule has 0 bridgehead atoms. The van der Waals surface area contributed by atoms with Crippen molar-refractivity contribution in [2.75, 3.05) is 45.9 Å². The quantitative estimate of drug-likeness (QED) is 0.430. The second kappa shape index (κ2) is 10.7. The van der Waals surface area contributed by atoms with Crippen molar-refractivity contribution in [2.24, 2.45) is 4.99 Å². The normalized spacial score (nSPS) is 14.9. The number of hydrogen-bond acceptors (Lipinski definition) is 4. The Bertz CT molecular complexity index is 825. The zero-order chi connectivity index (χ0) is 21.3. The number of nitrogens with one attached hydrogen (secondary N) is 1. The average molecular weight is 413 g/mol. The van der Waals surface area contributed by atoms with Crippen molar-refractivity contribution in [3.8, 4) is 5.75 Å². The summed E-state index contributed by atoms with van der Waals surface area (Å²) in [4.78, 5) is 21.2. The van der Waals surface area contributed by atoms with Crippen LogP contribution in [-0.2, 0) is 0 Å².